The summed E-state index contributed by atoms with van der Waals surface area (Å²) in [6.07, 6.45) is 2.50. The predicted molar refractivity (Wildman–Crippen MR) is 70.1 cm³/mol. The van der Waals surface area contributed by atoms with Gasteiger partial charge in [0.2, 0.25) is 0 Å². The highest BCUT2D eigenvalue weighted by Gasteiger charge is 2.31. The minimum Gasteiger partial charge on any atom is -0.399 e. The van der Waals surface area contributed by atoms with Gasteiger partial charge in [-0.2, -0.15) is 0 Å². The van der Waals surface area contributed by atoms with Gasteiger partial charge in [0.25, 0.3) is 0 Å². The van der Waals surface area contributed by atoms with Gasteiger partial charge >= 0.3 is 0 Å². The number of rotatable bonds is 3. The van der Waals surface area contributed by atoms with E-state index in [9.17, 15) is 0 Å². The fraction of sp³-hybridized carbons (Fsp3) is 0.417. The Kier molecular flexibility index (Phi) is 2.70. The van der Waals surface area contributed by atoms with Crippen molar-refractivity contribution in [1.82, 2.24) is 20.2 Å². The number of benzene rings is 1. The lowest BCUT2D eigenvalue weighted by molar-refractivity contribution is 0.433. The van der Waals surface area contributed by atoms with E-state index in [1.165, 1.54) is 12.8 Å². The van der Waals surface area contributed by atoms with Gasteiger partial charge in [-0.3, -0.25) is 0 Å². The molecule has 2 N–H and O–H groups in total. The second kappa shape index (κ2) is 4.24. The van der Waals surface area contributed by atoms with Crippen molar-refractivity contribution in [3.8, 4) is 11.4 Å². The van der Waals surface area contributed by atoms with Gasteiger partial charge in [0.15, 0.2) is 5.82 Å². The van der Waals surface area contributed by atoms with Gasteiger partial charge in [-0.15, -0.1) is 5.10 Å². The zero-order valence-corrected chi connectivity index (χ0v) is 10.8. The zero-order chi connectivity index (χ0) is 12.7. The van der Waals surface area contributed by atoms with E-state index in [1.807, 2.05) is 16.8 Å². The average Bonchev–Trinajstić information content (AvgIpc) is 3.04. The van der Waals surface area contributed by atoms with Crippen molar-refractivity contribution in [2.45, 2.75) is 25.8 Å². The molecule has 18 heavy (non-hydrogen) atoms. The second-order valence-corrected chi connectivity index (χ2v) is 5.23. The van der Waals surface area contributed by atoms with Gasteiger partial charge in [-0.1, -0.05) is 11.6 Å². The van der Waals surface area contributed by atoms with Crippen LogP contribution in [0, 0.1) is 5.92 Å². The molecule has 0 amide bonds. The molecule has 94 valence electrons. The first-order valence-corrected chi connectivity index (χ1v) is 6.37. The largest absolute Gasteiger partial charge is 0.399 e. The maximum atomic E-state index is 6.02. The summed E-state index contributed by atoms with van der Waals surface area (Å²) in [6.45, 7) is 2.14. The third-order valence-electron chi connectivity index (χ3n) is 3.36. The molecule has 1 fully saturated rings. The van der Waals surface area contributed by atoms with E-state index in [0.717, 1.165) is 11.4 Å². The number of nitrogen functional groups attached to an aromatic ring is 1. The molecule has 1 aliphatic carbocycles. The van der Waals surface area contributed by atoms with E-state index in [1.54, 1.807) is 6.07 Å². The molecular weight excluding hydrogens is 250 g/mol. The Bertz CT molecular complexity index is 555. The third kappa shape index (κ3) is 2.06. The van der Waals surface area contributed by atoms with Crippen LogP contribution in [-0.4, -0.2) is 20.2 Å². The molecule has 0 radical (unpaired) electrons. The van der Waals surface area contributed by atoms with Gasteiger partial charge in [0, 0.05) is 16.3 Å². The summed E-state index contributed by atoms with van der Waals surface area (Å²) in [7, 11) is 0. The summed E-state index contributed by atoms with van der Waals surface area (Å²) in [4.78, 5) is 0. The smallest absolute Gasteiger partial charge is 0.182 e. The summed E-state index contributed by atoms with van der Waals surface area (Å²) in [5.74, 6) is 1.41. The average molecular weight is 264 g/mol. The molecule has 0 bridgehead atoms. The molecule has 1 heterocycles. The van der Waals surface area contributed by atoms with Crippen LogP contribution in [0.5, 0.6) is 0 Å². The molecule has 0 aliphatic heterocycles. The van der Waals surface area contributed by atoms with Crippen LogP contribution in [0.25, 0.3) is 11.4 Å². The number of hydrogen-bond acceptors (Lipinski definition) is 4. The molecule has 1 aliphatic rings. The van der Waals surface area contributed by atoms with E-state index < -0.39 is 0 Å². The molecule has 5 nitrogen and oxygen atoms in total. The van der Waals surface area contributed by atoms with Crippen LogP contribution in [0.3, 0.4) is 0 Å². The van der Waals surface area contributed by atoms with Gasteiger partial charge in [-0.25, -0.2) is 4.68 Å². The number of halogens is 1. The lowest BCUT2D eigenvalue weighted by Crippen LogP contribution is -2.11. The van der Waals surface area contributed by atoms with Crippen molar-refractivity contribution in [1.29, 1.82) is 0 Å². The fourth-order valence-corrected chi connectivity index (χ4v) is 2.42. The standard InChI is InChI=1S/C12H14ClN5/c1-7(8-2-3-8)18-12(15-16-17-18)9-4-10(13)6-11(14)5-9/h4-8H,2-3,14H2,1H3. The molecule has 6 heteroatoms. The normalized spacial score (nSPS) is 16.8. The van der Waals surface area contributed by atoms with Crippen LogP contribution >= 0.6 is 11.6 Å². The summed E-state index contributed by atoms with van der Waals surface area (Å²) in [6, 6.07) is 5.70. The molecule has 2 aromatic rings. The van der Waals surface area contributed by atoms with Crippen molar-refractivity contribution >= 4 is 17.3 Å². The van der Waals surface area contributed by atoms with E-state index in [0.29, 0.717) is 22.7 Å². The molecule has 1 unspecified atom stereocenters. The van der Waals surface area contributed by atoms with E-state index in [2.05, 4.69) is 22.4 Å². The van der Waals surface area contributed by atoms with Crippen LogP contribution in [0.2, 0.25) is 5.02 Å². The van der Waals surface area contributed by atoms with Crippen LogP contribution in [-0.2, 0) is 0 Å². The van der Waals surface area contributed by atoms with Gasteiger partial charge in [0.1, 0.15) is 0 Å². The molecular formula is C12H14ClN5. The van der Waals surface area contributed by atoms with Crippen molar-refractivity contribution < 1.29 is 0 Å². The Morgan fingerprint density at radius 3 is 2.83 bits per heavy atom. The predicted octanol–water partition coefficient (Wildman–Crippen LogP) is 2.55. The van der Waals surface area contributed by atoms with Gasteiger partial charge in [0.05, 0.1) is 6.04 Å². The number of tetrazole rings is 1. The van der Waals surface area contributed by atoms with Crippen molar-refractivity contribution in [2.24, 2.45) is 5.92 Å². The minimum absolute atomic E-state index is 0.315. The van der Waals surface area contributed by atoms with Crippen LogP contribution in [0.4, 0.5) is 5.69 Å². The van der Waals surface area contributed by atoms with Crippen LogP contribution < -0.4 is 5.73 Å². The lowest BCUT2D eigenvalue weighted by atomic mass is 10.1. The van der Waals surface area contributed by atoms with E-state index in [-0.39, 0.29) is 0 Å². The number of anilines is 1. The van der Waals surface area contributed by atoms with E-state index >= 15 is 0 Å². The highest BCUT2D eigenvalue weighted by Crippen LogP contribution is 2.40. The molecule has 3 rings (SSSR count). The summed E-state index contributed by atoms with van der Waals surface area (Å²) in [5.41, 5.74) is 7.28. The minimum atomic E-state index is 0.315. The topological polar surface area (TPSA) is 69.6 Å². The summed E-state index contributed by atoms with van der Waals surface area (Å²) >= 11 is 6.02. The van der Waals surface area contributed by atoms with Crippen molar-refractivity contribution in [2.75, 3.05) is 5.73 Å². The summed E-state index contributed by atoms with van der Waals surface area (Å²) < 4.78 is 1.86. The molecule has 1 atom stereocenters. The first-order chi connectivity index (χ1) is 8.65. The maximum absolute atomic E-state index is 6.02. The SMILES string of the molecule is CC(C1CC1)n1nnnc1-c1cc(N)cc(Cl)c1. The first-order valence-electron chi connectivity index (χ1n) is 5.99. The molecule has 1 aromatic heterocycles. The Labute approximate surface area is 110 Å². The maximum Gasteiger partial charge on any atom is 0.182 e. The Balaban J connectivity index is 2.03. The van der Waals surface area contributed by atoms with Crippen LogP contribution in [0.1, 0.15) is 25.8 Å². The second-order valence-electron chi connectivity index (χ2n) is 4.80. The molecule has 1 aromatic carbocycles. The highest BCUT2D eigenvalue weighted by molar-refractivity contribution is 6.31. The first kappa shape index (κ1) is 11.5. The number of hydrogen-bond donors (Lipinski definition) is 1. The van der Waals surface area contributed by atoms with Gasteiger partial charge in [-0.05, 0) is 54.3 Å². The quantitative estimate of drug-likeness (QED) is 0.864. The summed E-state index contributed by atoms with van der Waals surface area (Å²) in [5, 5.41) is 12.5. The van der Waals surface area contributed by atoms with Crippen molar-refractivity contribution in [3.05, 3.63) is 23.2 Å². The Hall–Kier alpha value is -1.62. The highest BCUT2D eigenvalue weighted by atomic mass is 35.5. The number of aromatic nitrogens is 4. The van der Waals surface area contributed by atoms with E-state index in [4.69, 9.17) is 17.3 Å². The Morgan fingerprint density at radius 1 is 1.39 bits per heavy atom. The van der Waals surface area contributed by atoms with Crippen LogP contribution in [0.15, 0.2) is 18.2 Å². The lowest BCUT2D eigenvalue weighted by Gasteiger charge is -2.12. The van der Waals surface area contributed by atoms with Crippen molar-refractivity contribution in [3.63, 3.8) is 0 Å². The molecule has 0 spiro atoms. The molecule has 1 saturated carbocycles. The van der Waals surface area contributed by atoms with Gasteiger partial charge < -0.3 is 5.73 Å². The fourth-order valence-electron chi connectivity index (χ4n) is 2.18. The zero-order valence-electron chi connectivity index (χ0n) is 10.0. The third-order valence-corrected chi connectivity index (χ3v) is 3.58. The number of nitrogens with zero attached hydrogens (tertiary/aromatic N) is 4. The molecule has 0 saturated heterocycles. The monoisotopic (exact) mass is 263 g/mol. The Morgan fingerprint density at radius 2 is 2.17 bits per heavy atom. The number of nitrogens with two attached hydrogens (primary N) is 1.